The van der Waals surface area contributed by atoms with Crippen molar-refractivity contribution in [1.29, 1.82) is 0 Å². The number of hydrogen-bond donors (Lipinski definition) is 1. The average molecular weight is 434 g/mol. The second-order valence-electron chi connectivity index (χ2n) is 8.21. The standard InChI is InChI=1S/C21H28FN5O2S/c1-14-6-7-16(11-18(14)22)30(28,29)27-9-4-5-15(12-27)20-24-19-13-26(3)10-8-17(19)21(23-2)25-20/h6-7,11,15H,4-5,8-10,12-13H2,1-3H3,(H,23,24,25). The Labute approximate surface area is 177 Å². The van der Waals surface area contributed by atoms with Gasteiger partial charge in [-0.1, -0.05) is 6.07 Å². The Morgan fingerprint density at radius 1 is 1.23 bits per heavy atom. The number of sulfonamides is 1. The van der Waals surface area contributed by atoms with E-state index in [0.717, 1.165) is 49.1 Å². The molecule has 1 saturated heterocycles. The van der Waals surface area contributed by atoms with E-state index in [-0.39, 0.29) is 10.8 Å². The zero-order chi connectivity index (χ0) is 21.5. The van der Waals surface area contributed by atoms with E-state index >= 15 is 0 Å². The largest absolute Gasteiger partial charge is 0.373 e. The molecule has 1 N–H and O–H groups in total. The number of hydrogen-bond acceptors (Lipinski definition) is 6. The van der Waals surface area contributed by atoms with Crippen LogP contribution in [-0.2, 0) is 23.0 Å². The third-order valence-electron chi connectivity index (χ3n) is 6.04. The highest BCUT2D eigenvalue weighted by Crippen LogP contribution is 2.32. The van der Waals surface area contributed by atoms with Gasteiger partial charge in [0.15, 0.2) is 0 Å². The number of nitrogens with one attached hydrogen (secondary N) is 1. The summed E-state index contributed by atoms with van der Waals surface area (Å²) in [5, 5.41) is 3.19. The van der Waals surface area contributed by atoms with Crippen molar-refractivity contribution >= 4 is 15.8 Å². The molecule has 0 bridgehead atoms. The van der Waals surface area contributed by atoms with Crippen LogP contribution in [0.1, 0.15) is 41.4 Å². The lowest BCUT2D eigenvalue weighted by molar-refractivity contribution is 0.297. The van der Waals surface area contributed by atoms with Crippen LogP contribution < -0.4 is 5.32 Å². The maximum atomic E-state index is 14.0. The first kappa shape index (κ1) is 21.1. The third-order valence-corrected chi connectivity index (χ3v) is 7.90. The molecule has 1 atom stereocenters. The molecule has 3 heterocycles. The Morgan fingerprint density at radius 2 is 2.03 bits per heavy atom. The van der Waals surface area contributed by atoms with E-state index in [9.17, 15) is 12.8 Å². The summed E-state index contributed by atoms with van der Waals surface area (Å²) in [4.78, 5) is 11.8. The molecule has 0 saturated carbocycles. The van der Waals surface area contributed by atoms with Gasteiger partial charge in [-0.25, -0.2) is 22.8 Å². The Bertz CT molecular complexity index is 1060. The van der Waals surface area contributed by atoms with Crippen molar-refractivity contribution in [3.63, 3.8) is 0 Å². The molecule has 1 fully saturated rings. The monoisotopic (exact) mass is 433 g/mol. The first-order valence-corrected chi connectivity index (χ1v) is 11.8. The van der Waals surface area contributed by atoms with E-state index in [1.54, 1.807) is 6.92 Å². The lowest BCUT2D eigenvalue weighted by atomic mass is 9.97. The predicted molar refractivity (Wildman–Crippen MR) is 113 cm³/mol. The second-order valence-corrected chi connectivity index (χ2v) is 10.1. The highest BCUT2D eigenvalue weighted by Gasteiger charge is 2.33. The lowest BCUT2D eigenvalue weighted by Crippen LogP contribution is -2.40. The fourth-order valence-electron chi connectivity index (χ4n) is 4.22. The van der Waals surface area contributed by atoms with Crippen LogP contribution in [0.4, 0.5) is 10.2 Å². The molecular formula is C21H28FN5O2S. The summed E-state index contributed by atoms with van der Waals surface area (Å²) >= 11 is 0. The fourth-order valence-corrected chi connectivity index (χ4v) is 5.76. The second kappa shape index (κ2) is 8.20. The number of likely N-dealkylation sites (N-methyl/N-ethyl adjacent to an activating group) is 1. The van der Waals surface area contributed by atoms with Gasteiger partial charge in [0.1, 0.15) is 17.5 Å². The van der Waals surface area contributed by atoms with Crippen LogP contribution >= 0.6 is 0 Å². The molecule has 1 aromatic heterocycles. The van der Waals surface area contributed by atoms with Crippen molar-refractivity contribution in [3.8, 4) is 0 Å². The van der Waals surface area contributed by atoms with Gasteiger partial charge in [-0.05, 0) is 50.9 Å². The van der Waals surface area contributed by atoms with Gasteiger partial charge in [0.05, 0.1) is 10.6 Å². The molecule has 30 heavy (non-hydrogen) atoms. The molecule has 0 aliphatic carbocycles. The number of fused-ring (bicyclic) bond motifs is 1. The molecule has 7 nitrogen and oxygen atoms in total. The normalized spacial score (nSPS) is 20.7. The quantitative estimate of drug-likeness (QED) is 0.798. The maximum absolute atomic E-state index is 14.0. The number of aromatic nitrogens is 2. The van der Waals surface area contributed by atoms with Crippen LogP contribution in [0.25, 0.3) is 0 Å². The molecule has 1 aromatic carbocycles. The molecule has 0 spiro atoms. The molecule has 9 heteroatoms. The number of nitrogens with zero attached hydrogens (tertiary/aromatic N) is 4. The molecule has 0 radical (unpaired) electrons. The number of aryl methyl sites for hydroxylation is 1. The minimum absolute atomic E-state index is 0.00449. The third kappa shape index (κ3) is 3.93. The summed E-state index contributed by atoms with van der Waals surface area (Å²) in [6.07, 6.45) is 2.44. The fraction of sp³-hybridized carbons (Fsp3) is 0.524. The van der Waals surface area contributed by atoms with Crippen molar-refractivity contribution in [2.24, 2.45) is 0 Å². The van der Waals surface area contributed by atoms with Crippen molar-refractivity contribution in [2.75, 3.05) is 39.0 Å². The van der Waals surface area contributed by atoms with E-state index < -0.39 is 15.8 Å². The van der Waals surface area contributed by atoms with Crippen LogP contribution in [-0.4, -0.2) is 61.3 Å². The smallest absolute Gasteiger partial charge is 0.243 e. The van der Waals surface area contributed by atoms with Gasteiger partial charge < -0.3 is 10.2 Å². The summed E-state index contributed by atoms with van der Waals surface area (Å²) in [6.45, 7) is 4.06. The van der Waals surface area contributed by atoms with E-state index in [0.29, 0.717) is 30.9 Å². The molecule has 4 rings (SSSR count). The summed E-state index contributed by atoms with van der Waals surface area (Å²) in [6, 6.07) is 4.09. The van der Waals surface area contributed by atoms with Gasteiger partial charge in [-0.2, -0.15) is 4.31 Å². The molecule has 2 aromatic rings. The maximum Gasteiger partial charge on any atom is 0.243 e. The minimum atomic E-state index is -3.77. The van der Waals surface area contributed by atoms with Gasteiger partial charge in [-0.3, -0.25) is 0 Å². The number of anilines is 1. The highest BCUT2D eigenvalue weighted by atomic mass is 32.2. The van der Waals surface area contributed by atoms with Gasteiger partial charge >= 0.3 is 0 Å². The van der Waals surface area contributed by atoms with Crippen LogP contribution in [0.15, 0.2) is 23.1 Å². The predicted octanol–water partition coefficient (Wildman–Crippen LogP) is 2.52. The van der Waals surface area contributed by atoms with E-state index in [1.807, 2.05) is 7.05 Å². The zero-order valence-electron chi connectivity index (χ0n) is 17.7. The lowest BCUT2D eigenvalue weighted by Gasteiger charge is -2.32. The van der Waals surface area contributed by atoms with Crippen LogP contribution in [0, 0.1) is 12.7 Å². The van der Waals surface area contributed by atoms with Crippen molar-refractivity contribution in [1.82, 2.24) is 19.2 Å². The van der Waals surface area contributed by atoms with Gasteiger partial charge in [0, 0.05) is 44.7 Å². The summed E-state index contributed by atoms with van der Waals surface area (Å²) in [5.41, 5.74) is 2.59. The Kier molecular flexibility index (Phi) is 5.78. The number of rotatable bonds is 4. The van der Waals surface area contributed by atoms with Crippen LogP contribution in [0.3, 0.4) is 0 Å². The SMILES string of the molecule is CNc1nc(C2CCCN(S(=O)(=O)c3ccc(C)c(F)c3)C2)nc2c1CCN(C)C2. The first-order valence-electron chi connectivity index (χ1n) is 10.3. The Hall–Kier alpha value is -2.10. The minimum Gasteiger partial charge on any atom is -0.373 e. The first-order chi connectivity index (χ1) is 14.3. The van der Waals surface area contributed by atoms with Crippen molar-refractivity contribution < 1.29 is 12.8 Å². The van der Waals surface area contributed by atoms with Gasteiger partial charge in [0.2, 0.25) is 10.0 Å². The number of piperidine rings is 1. The Morgan fingerprint density at radius 3 is 2.77 bits per heavy atom. The zero-order valence-corrected chi connectivity index (χ0v) is 18.5. The molecule has 162 valence electrons. The van der Waals surface area contributed by atoms with Gasteiger partial charge in [-0.15, -0.1) is 0 Å². The topological polar surface area (TPSA) is 78.4 Å². The summed E-state index contributed by atoms with van der Waals surface area (Å²) < 4.78 is 41.7. The number of benzene rings is 1. The van der Waals surface area contributed by atoms with Gasteiger partial charge in [0.25, 0.3) is 0 Å². The summed E-state index contributed by atoms with van der Waals surface area (Å²) in [5.74, 6) is 0.922. The van der Waals surface area contributed by atoms with E-state index in [4.69, 9.17) is 9.97 Å². The van der Waals surface area contributed by atoms with Crippen LogP contribution in [0.2, 0.25) is 0 Å². The van der Waals surface area contributed by atoms with E-state index in [2.05, 4.69) is 17.3 Å². The van der Waals surface area contributed by atoms with E-state index in [1.165, 1.54) is 16.4 Å². The molecular weight excluding hydrogens is 405 g/mol. The molecule has 2 aliphatic heterocycles. The average Bonchev–Trinajstić information content (AvgIpc) is 2.74. The highest BCUT2D eigenvalue weighted by molar-refractivity contribution is 7.89. The summed E-state index contributed by atoms with van der Waals surface area (Å²) in [7, 11) is 0.154. The molecule has 1 unspecified atom stereocenters. The molecule has 2 aliphatic rings. The molecule has 0 amide bonds. The Balaban J connectivity index is 1.63. The van der Waals surface area contributed by atoms with Crippen LogP contribution in [0.5, 0.6) is 0 Å². The van der Waals surface area contributed by atoms with Crippen molar-refractivity contribution in [3.05, 3.63) is 46.7 Å². The van der Waals surface area contributed by atoms with Crippen molar-refractivity contribution in [2.45, 2.75) is 43.5 Å². The number of halogens is 1.